The zero-order chi connectivity index (χ0) is 21.0. The van der Waals surface area contributed by atoms with Crippen molar-refractivity contribution in [2.24, 2.45) is 5.73 Å². The number of pyridine rings is 1. The number of aromatic nitrogens is 1. The molecule has 1 unspecified atom stereocenters. The number of Topliss-reactive ketones (excluding diaryl/α,β-unsaturated/α-hetero) is 1. The number of hydrogen-bond donors (Lipinski definition) is 3. The van der Waals surface area contributed by atoms with Gasteiger partial charge in [-0.3, -0.25) is 9.78 Å². The molecule has 2 aromatic carbocycles. The van der Waals surface area contributed by atoms with Crippen molar-refractivity contribution < 1.29 is 14.8 Å². The lowest BCUT2D eigenvalue weighted by Gasteiger charge is -2.19. The maximum Gasteiger partial charge on any atom is 0.488 e. The number of hydrogen-bond acceptors (Lipinski definition) is 6. The third-order valence-electron chi connectivity index (χ3n) is 5.04. The Hall–Kier alpha value is -2.58. The summed E-state index contributed by atoms with van der Waals surface area (Å²) in [4.78, 5) is 19.1. The van der Waals surface area contributed by atoms with Crippen molar-refractivity contribution in [2.75, 3.05) is 20.6 Å². The molecule has 1 heterocycles. The summed E-state index contributed by atoms with van der Waals surface area (Å²) in [7, 11) is 2.25. The minimum Gasteiger partial charge on any atom is -0.423 e. The lowest BCUT2D eigenvalue weighted by atomic mass is 9.75. The third-order valence-corrected chi connectivity index (χ3v) is 5.04. The second kappa shape index (κ2) is 9.28. The van der Waals surface area contributed by atoms with Crippen LogP contribution in [-0.4, -0.2) is 53.5 Å². The highest BCUT2D eigenvalue weighted by atomic mass is 16.4. The molecule has 0 aliphatic heterocycles. The predicted octanol–water partition coefficient (Wildman–Crippen LogP) is 0.830. The van der Waals surface area contributed by atoms with Gasteiger partial charge in [0.1, 0.15) is 5.78 Å². The smallest absolute Gasteiger partial charge is 0.423 e. The standard InChI is InChI=1S/C22H26BN3O3/c1-26(2)14-19-11-17(5-6-21(19)23(28)29)20(12-24)22(27)10-15-3-4-18-13-25-8-7-16(18)9-15/h3-9,11,13,20,28-29H,10,12,14,24H2,1-2H3. The topological polar surface area (TPSA) is 99.7 Å². The van der Waals surface area contributed by atoms with Gasteiger partial charge in [0.15, 0.2) is 0 Å². The fourth-order valence-corrected chi connectivity index (χ4v) is 3.59. The van der Waals surface area contributed by atoms with E-state index in [1.807, 2.05) is 49.3 Å². The summed E-state index contributed by atoms with van der Waals surface area (Å²) in [6.07, 6.45) is 3.82. The minimum absolute atomic E-state index is 0.0361. The minimum atomic E-state index is -1.56. The van der Waals surface area contributed by atoms with E-state index >= 15 is 0 Å². The first-order valence-electron chi connectivity index (χ1n) is 9.58. The Kier molecular flexibility index (Phi) is 6.77. The first-order chi connectivity index (χ1) is 13.9. The molecule has 0 spiro atoms. The number of carbonyl (C=O) groups excluding carboxylic acids is 1. The quantitative estimate of drug-likeness (QED) is 0.492. The molecule has 150 valence electrons. The lowest BCUT2D eigenvalue weighted by molar-refractivity contribution is -0.119. The van der Waals surface area contributed by atoms with Gasteiger partial charge in [-0.1, -0.05) is 36.4 Å². The van der Waals surface area contributed by atoms with Crippen molar-refractivity contribution >= 4 is 29.1 Å². The van der Waals surface area contributed by atoms with Gasteiger partial charge >= 0.3 is 7.12 Å². The zero-order valence-corrected chi connectivity index (χ0v) is 16.7. The number of ketones is 1. The normalized spacial score (nSPS) is 12.3. The molecule has 0 bridgehead atoms. The van der Waals surface area contributed by atoms with Gasteiger partial charge in [0.2, 0.25) is 0 Å². The average molecular weight is 391 g/mol. The molecular weight excluding hydrogens is 365 g/mol. The molecule has 0 fully saturated rings. The van der Waals surface area contributed by atoms with E-state index in [4.69, 9.17) is 5.73 Å². The van der Waals surface area contributed by atoms with Crippen LogP contribution in [0.25, 0.3) is 10.8 Å². The summed E-state index contributed by atoms with van der Waals surface area (Å²) < 4.78 is 0. The van der Waals surface area contributed by atoms with Crippen LogP contribution in [0.4, 0.5) is 0 Å². The Morgan fingerprint density at radius 3 is 2.62 bits per heavy atom. The molecule has 3 rings (SSSR count). The summed E-state index contributed by atoms with van der Waals surface area (Å²) in [5, 5.41) is 21.3. The molecule has 7 heteroatoms. The van der Waals surface area contributed by atoms with Crippen molar-refractivity contribution in [3.63, 3.8) is 0 Å². The first kappa shape index (κ1) is 21.1. The molecule has 0 saturated carbocycles. The van der Waals surface area contributed by atoms with Crippen molar-refractivity contribution in [1.82, 2.24) is 9.88 Å². The third kappa shape index (κ3) is 5.08. The van der Waals surface area contributed by atoms with Gasteiger partial charge in [0, 0.05) is 37.3 Å². The summed E-state index contributed by atoms with van der Waals surface area (Å²) in [6.45, 7) is 0.726. The highest BCUT2D eigenvalue weighted by molar-refractivity contribution is 6.59. The fourth-order valence-electron chi connectivity index (χ4n) is 3.59. The van der Waals surface area contributed by atoms with Crippen LogP contribution in [0.2, 0.25) is 0 Å². The van der Waals surface area contributed by atoms with Gasteiger partial charge in [-0.2, -0.15) is 0 Å². The highest BCUT2D eigenvalue weighted by Gasteiger charge is 2.23. The van der Waals surface area contributed by atoms with Crippen molar-refractivity contribution in [2.45, 2.75) is 18.9 Å². The highest BCUT2D eigenvalue weighted by Crippen LogP contribution is 2.21. The molecule has 29 heavy (non-hydrogen) atoms. The van der Waals surface area contributed by atoms with E-state index in [1.54, 1.807) is 24.5 Å². The molecular formula is C22H26BN3O3. The van der Waals surface area contributed by atoms with E-state index in [9.17, 15) is 14.8 Å². The van der Waals surface area contributed by atoms with Gasteiger partial charge < -0.3 is 20.7 Å². The second-order valence-electron chi connectivity index (χ2n) is 7.56. The Labute approximate surface area is 171 Å². The van der Waals surface area contributed by atoms with Crippen LogP contribution >= 0.6 is 0 Å². The van der Waals surface area contributed by atoms with Gasteiger partial charge in [0.05, 0.1) is 5.92 Å². The largest absolute Gasteiger partial charge is 0.488 e. The van der Waals surface area contributed by atoms with E-state index in [0.717, 1.165) is 27.5 Å². The van der Waals surface area contributed by atoms with Gasteiger partial charge in [-0.15, -0.1) is 0 Å². The van der Waals surface area contributed by atoms with Crippen LogP contribution in [0.1, 0.15) is 22.6 Å². The summed E-state index contributed by atoms with van der Waals surface area (Å²) in [5.41, 5.74) is 8.90. The van der Waals surface area contributed by atoms with Crippen molar-refractivity contribution in [3.05, 3.63) is 71.5 Å². The van der Waals surface area contributed by atoms with Crippen LogP contribution in [0.5, 0.6) is 0 Å². The lowest BCUT2D eigenvalue weighted by Crippen LogP contribution is -2.35. The molecule has 6 nitrogen and oxygen atoms in total. The van der Waals surface area contributed by atoms with E-state index in [0.29, 0.717) is 12.0 Å². The first-order valence-corrected chi connectivity index (χ1v) is 9.58. The number of benzene rings is 2. The molecule has 0 amide bonds. The number of carbonyl (C=O) groups is 1. The van der Waals surface area contributed by atoms with Crippen molar-refractivity contribution in [3.8, 4) is 0 Å². The Bertz CT molecular complexity index is 1010. The maximum absolute atomic E-state index is 13.0. The van der Waals surface area contributed by atoms with Crippen LogP contribution in [0.3, 0.4) is 0 Å². The SMILES string of the molecule is CN(C)Cc1cc(C(CN)C(=O)Cc2ccc3cnccc3c2)ccc1B(O)O. The monoisotopic (exact) mass is 391 g/mol. The fraction of sp³-hybridized carbons (Fsp3) is 0.273. The molecule has 3 aromatic rings. The summed E-state index contributed by atoms with van der Waals surface area (Å²) in [5.74, 6) is -0.414. The number of nitrogens with zero attached hydrogens (tertiary/aromatic N) is 2. The number of nitrogens with two attached hydrogens (primary N) is 1. The Balaban J connectivity index is 1.86. The predicted molar refractivity (Wildman–Crippen MR) is 116 cm³/mol. The van der Waals surface area contributed by atoms with Crippen LogP contribution < -0.4 is 11.2 Å². The second-order valence-corrected chi connectivity index (χ2v) is 7.56. The number of rotatable bonds is 8. The average Bonchev–Trinajstić information content (AvgIpc) is 2.68. The van der Waals surface area contributed by atoms with Gasteiger partial charge in [-0.25, -0.2) is 0 Å². The van der Waals surface area contributed by atoms with E-state index in [-0.39, 0.29) is 18.7 Å². The van der Waals surface area contributed by atoms with E-state index in [1.165, 1.54) is 0 Å². The molecule has 0 saturated heterocycles. The van der Waals surface area contributed by atoms with Crippen molar-refractivity contribution in [1.29, 1.82) is 0 Å². The number of fused-ring (bicyclic) bond motifs is 1. The molecule has 1 aromatic heterocycles. The zero-order valence-electron chi connectivity index (χ0n) is 16.7. The van der Waals surface area contributed by atoms with E-state index < -0.39 is 13.0 Å². The Morgan fingerprint density at radius 1 is 1.14 bits per heavy atom. The van der Waals surface area contributed by atoms with Crippen LogP contribution in [0.15, 0.2) is 54.9 Å². The van der Waals surface area contributed by atoms with Gasteiger partial charge in [-0.05, 0) is 47.7 Å². The molecule has 4 N–H and O–H groups in total. The van der Waals surface area contributed by atoms with Crippen LogP contribution in [0, 0.1) is 0 Å². The Morgan fingerprint density at radius 2 is 1.93 bits per heavy atom. The van der Waals surface area contributed by atoms with Gasteiger partial charge in [0.25, 0.3) is 0 Å². The maximum atomic E-state index is 13.0. The molecule has 0 radical (unpaired) electrons. The molecule has 0 aliphatic carbocycles. The van der Waals surface area contributed by atoms with E-state index in [2.05, 4.69) is 4.98 Å². The molecule has 1 atom stereocenters. The summed E-state index contributed by atoms with van der Waals surface area (Å²) >= 11 is 0. The molecule has 0 aliphatic rings. The van der Waals surface area contributed by atoms with Crippen LogP contribution in [-0.2, 0) is 17.8 Å². The summed E-state index contributed by atoms with van der Waals surface area (Å²) in [6, 6.07) is 13.1.